The molecule has 5 heterocycles. The SMILES string of the molecule is Cc1cn(-c2ccnc3nc(-c4n[nH]c5ccc(-c6cncc(OCc7ccccc7)c6)cc45)[nH]c23)cn1. The second-order valence-corrected chi connectivity index (χ2v) is 9.05. The van der Waals surface area contributed by atoms with E-state index in [1.807, 2.05) is 78.5 Å². The molecule has 0 aliphatic rings. The molecule has 0 aliphatic heterocycles. The maximum absolute atomic E-state index is 5.99. The van der Waals surface area contributed by atoms with E-state index < -0.39 is 0 Å². The van der Waals surface area contributed by atoms with Crippen LogP contribution in [0.2, 0.25) is 0 Å². The summed E-state index contributed by atoms with van der Waals surface area (Å²) in [6.07, 6.45) is 9.07. The van der Waals surface area contributed by atoms with Crippen LogP contribution in [-0.4, -0.2) is 39.7 Å². The van der Waals surface area contributed by atoms with Crippen molar-refractivity contribution < 1.29 is 4.74 Å². The van der Waals surface area contributed by atoms with E-state index in [0.29, 0.717) is 23.8 Å². The van der Waals surface area contributed by atoms with E-state index >= 15 is 0 Å². The van der Waals surface area contributed by atoms with Gasteiger partial charge in [0.2, 0.25) is 0 Å². The third-order valence-corrected chi connectivity index (χ3v) is 6.44. The number of fused-ring (bicyclic) bond motifs is 2. The molecule has 0 saturated heterocycles. The van der Waals surface area contributed by atoms with Crippen molar-refractivity contribution in [1.82, 2.24) is 39.7 Å². The van der Waals surface area contributed by atoms with Gasteiger partial charge in [-0.1, -0.05) is 36.4 Å². The quantitative estimate of drug-likeness (QED) is 0.307. The number of H-pyrrole nitrogens is 2. The Morgan fingerprint density at radius 2 is 1.87 bits per heavy atom. The number of hydrogen-bond donors (Lipinski definition) is 2. The van der Waals surface area contributed by atoms with Gasteiger partial charge in [-0.05, 0) is 42.3 Å². The molecule has 0 amide bonds. The Labute approximate surface area is 217 Å². The van der Waals surface area contributed by atoms with Crippen molar-refractivity contribution in [3.05, 3.63) is 103 Å². The summed E-state index contributed by atoms with van der Waals surface area (Å²) >= 11 is 0. The first-order valence-corrected chi connectivity index (χ1v) is 12.2. The molecule has 0 radical (unpaired) electrons. The van der Waals surface area contributed by atoms with Gasteiger partial charge < -0.3 is 14.3 Å². The van der Waals surface area contributed by atoms with Crippen LogP contribution in [0, 0.1) is 6.92 Å². The number of rotatable bonds is 6. The average Bonchev–Trinajstić information content (AvgIpc) is 3.70. The number of pyridine rings is 2. The van der Waals surface area contributed by atoms with Crippen molar-refractivity contribution in [2.75, 3.05) is 0 Å². The highest BCUT2D eigenvalue weighted by Gasteiger charge is 2.16. The third-order valence-electron chi connectivity index (χ3n) is 6.44. The zero-order valence-corrected chi connectivity index (χ0v) is 20.5. The Kier molecular flexibility index (Phi) is 5.18. The van der Waals surface area contributed by atoms with E-state index in [2.05, 4.69) is 36.2 Å². The van der Waals surface area contributed by atoms with E-state index in [4.69, 9.17) is 9.72 Å². The lowest BCUT2D eigenvalue weighted by molar-refractivity contribution is 0.305. The molecular formula is C29H22N8O. The second kappa shape index (κ2) is 8.97. The highest BCUT2D eigenvalue weighted by Crippen LogP contribution is 2.32. The van der Waals surface area contributed by atoms with Crippen molar-refractivity contribution in [2.24, 2.45) is 0 Å². The number of hydrogen-bond acceptors (Lipinski definition) is 6. The van der Waals surface area contributed by atoms with Crippen LogP contribution in [-0.2, 0) is 6.61 Å². The van der Waals surface area contributed by atoms with E-state index in [1.165, 1.54) is 0 Å². The normalized spacial score (nSPS) is 11.4. The van der Waals surface area contributed by atoms with Crippen LogP contribution >= 0.6 is 0 Å². The highest BCUT2D eigenvalue weighted by molar-refractivity contribution is 5.96. The smallest absolute Gasteiger partial charge is 0.180 e. The van der Waals surface area contributed by atoms with Gasteiger partial charge >= 0.3 is 0 Å². The molecule has 184 valence electrons. The molecule has 9 heteroatoms. The number of ether oxygens (including phenoxy) is 1. The number of aryl methyl sites for hydroxylation is 1. The van der Waals surface area contributed by atoms with Crippen LogP contribution in [0.25, 0.3) is 50.4 Å². The Hall–Kier alpha value is -5.31. The molecule has 9 nitrogen and oxygen atoms in total. The number of nitrogens with zero attached hydrogens (tertiary/aromatic N) is 6. The number of nitrogens with one attached hydrogen (secondary N) is 2. The molecule has 0 aliphatic carbocycles. The summed E-state index contributed by atoms with van der Waals surface area (Å²) in [5, 5.41) is 8.64. The van der Waals surface area contributed by atoms with Crippen molar-refractivity contribution in [2.45, 2.75) is 13.5 Å². The fourth-order valence-electron chi connectivity index (χ4n) is 4.55. The first-order valence-electron chi connectivity index (χ1n) is 12.2. The standard InChI is InChI=1S/C29H22N8O/c1-18-15-37(17-32-18)25-9-10-31-28-27(25)33-29(34-28)26-23-12-20(7-8-24(23)35-36-26)21-11-22(14-30-13-21)38-16-19-5-3-2-4-6-19/h2-15,17H,16H2,1H3,(H,35,36)(H,31,33,34). The van der Waals surface area contributed by atoms with E-state index in [1.54, 1.807) is 18.7 Å². The molecule has 0 saturated carbocycles. The minimum absolute atomic E-state index is 0.484. The first-order chi connectivity index (χ1) is 18.7. The zero-order chi connectivity index (χ0) is 25.5. The van der Waals surface area contributed by atoms with E-state index in [9.17, 15) is 0 Å². The predicted molar refractivity (Wildman–Crippen MR) is 145 cm³/mol. The second-order valence-electron chi connectivity index (χ2n) is 9.05. The van der Waals surface area contributed by atoms with Crippen molar-refractivity contribution in [3.8, 4) is 34.1 Å². The maximum atomic E-state index is 5.99. The zero-order valence-electron chi connectivity index (χ0n) is 20.5. The number of aromatic nitrogens is 8. The highest BCUT2D eigenvalue weighted by atomic mass is 16.5. The van der Waals surface area contributed by atoms with E-state index in [-0.39, 0.29) is 0 Å². The minimum Gasteiger partial charge on any atom is -0.487 e. The molecule has 0 bridgehead atoms. The van der Waals surface area contributed by atoms with Crippen LogP contribution in [0.15, 0.2) is 91.8 Å². The summed E-state index contributed by atoms with van der Waals surface area (Å²) in [6, 6.07) is 20.2. The lowest BCUT2D eigenvalue weighted by Crippen LogP contribution is -1.95. The van der Waals surface area contributed by atoms with Gasteiger partial charge in [0.05, 0.1) is 29.4 Å². The van der Waals surface area contributed by atoms with Crippen LogP contribution in [0.3, 0.4) is 0 Å². The van der Waals surface area contributed by atoms with Crippen molar-refractivity contribution in [1.29, 1.82) is 0 Å². The van der Waals surface area contributed by atoms with Gasteiger partial charge in [-0.15, -0.1) is 0 Å². The van der Waals surface area contributed by atoms with Gasteiger partial charge in [0.25, 0.3) is 0 Å². The topological polar surface area (TPSA) is 110 Å². The van der Waals surface area contributed by atoms with Gasteiger partial charge in [0.1, 0.15) is 23.6 Å². The molecule has 2 N–H and O–H groups in total. The molecule has 0 unspecified atom stereocenters. The molecule has 7 aromatic rings. The molecular weight excluding hydrogens is 476 g/mol. The number of imidazole rings is 2. The van der Waals surface area contributed by atoms with Crippen molar-refractivity contribution >= 4 is 22.1 Å². The number of aromatic amines is 2. The average molecular weight is 499 g/mol. The van der Waals surface area contributed by atoms with Crippen LogP contribution in [0.1, 0.15) is 11.3 Å². The summed E-state index contributed by atoms with van der Waals surface area (Å²) in [4.78, 5) is 21.4. The summed E-state index contributed by atoms with van der Waals surface area (Å²) in [5.41, 5.74) is 7.98. The molecule has 5 aromatic heterocycles. The Morgan fingerprint density at radius 1 is 0.947 bits per heavy atom. The fourth-order valence-corrected chi connectivity index (χ4v) is 4.55. The molecule has 7 rings (SSSR count). The van der Waals surface area contributed by atoms with Gasteiger partial charge in [-0.2, -0.15) is 5.10 Å². The molecule has 38 heavy (non-hydrogen) atoms. The summed E-state index contributed by atoms with van der Waals surface area (Å²) in [6.45, 7) is 2.44. The lowest BCUT2D eigenvalue weighted by Gasteiger charge is -2.08. The minimum atomic E-state index is 0.484. The van der Waals surface area contributed by atoms with Gasteiger partial charge in [0, 0.05) is 29.5 Å². The van der Waals surface area contributed by atoms with E-state index in [0.717, 1.165) is 50.2 Å². The summed E-state index contributed by atoms with van der Waals surface area (Å²) in [5.74, 6) is 1.35. The predicted octanol–water partition coefficient (Wildman–Crippen LogP) is 5.64. The fraction of sp³-hybridized carbons (Fsp3) is 0.0690. The van der Waals surface area contributed by atoms with Gasteiger partial charge in [-0.25, -0.2) is 15.0 Å². The summed E-state index contributed by atoms with van der Waals surface area (Å²) < 4.78 is 7.95. The maximum Gasteiger partial charge on any atom is 0.180 e. The Balaban J connectivity index is 1.24. The monoisotopic (exact) mass is 498 g/mol. The number of benzene rings is 2. The van der Waals surface area contributed by atoms with Crippen molar-refractivity contribution in [3.63, 3.8) is 0 Å². The molecule has 0 atom stereocenters. The van der Waals surface area contributed by atoms with Crippen LogP contribution < -0.4 is 4.74 Å². The Bertz CT molecular complexity index is 1900. The first kappa shape index (κ1) is 21.9. The van der Waals surface area contributed by atoms with Crippen LogP contribution in [0.5, 0.6) is 5.75 Å². The Morgan fingerprint density at radius 3 is 2.74 bits per heavy atom. The third kappa shape index (κ3) is 3.96. The van der Waals surface area contributed by atoms with Crippen LogP contribution in [0.4, 0.5) is 0 Å². The largest absolute Gasteiger partial charge is 0.487 e. The molecule has 2 aromatic carbocycles. The molecule has 0 fully saturated rings. The van der Waals surface area contributed by atoms with Gasteiger partial charge in [-0.3, -0.25) is 10.1 Å². The summed E-state index contributed by atoms with van der Waals surface area (Å²) in [7, 11) is 0. The lowest BCUT2D eigenvalue weighted by atomic mass is 10.0. The molecule has 0 spiro atoms. The van der Waals surface area contributed by atoms with Gasteiger partial charge in [0.15, 0.2) is 11.5 Å².